The van der Waals surface area contributed by atoms with Gasteiger partial charge in [-0.1, -0.05) is 85.0 Å². The average Bonchev–Trinajstić information content (AvgIpc) is 2.93. The molecule has 0 saturated carbocycles. The zero-order chi connectivity index (χ0) is 31.0. The first-order chi connectivity index (χ1) is 19.8. The van der Waals surface area contributed by atoms with E-state index in [0.717, 1.165) is 16.1 Å². The Morgan fingerprint density at radius 1 is 0.952 bits per heavy atom. The number of amides is 2. The van der Waals surface area contributed by atoms with Gasteiger partial charge in [-0.3, -0.25) is 13.9 Å². The molecule has 0 heterocycles. The number of methoxy groups -OCH3 is 1. The van der Waals surface area contributed by atoms with Crippen LogP contribution < -0.4 is 14.4 Å². The van der Waals surface area contributed by atoms with Crippen LogP contribution >= 0.6 is 34.8 Å². The van der Waals surface area contributed by atoms with Gasteiger partial charge in [-0.15, -0.1) is 0 Å². The van der Waals surface area contributed by atoms with Gasteiger partial charge in [-0.05, 0) is 47.4 Å². The van der Waals surface area contributed by atoms with Gasteiger partial charge in [0.1, 0.15) is 18.3 Å². The number of hydrogen-bond donors (Lipinski definition) is 1. The van der Waals surface area contributed by atoms with Crippen LogP contribution in [-0.4, -0.2) is 57.6 Å². The molecule has 2 amide bonds. The fourth-order valence-electron chi connectivity index (χ4n) is 4.23. The van der Waals surface area contributed by atoms with Gasteiger partial charge >= 0.3 is 0 Å². The number of carbonyl (C=O) groups is 2. The number of sulfonamides is 1. The van der Waals surface area contributed by atoms with E-state index in [1.54, 1.807) is 18.2 Å². The van der Waals surface area contributed by atoms with Crippen LogP contribution in [0, 0.1) is 5.92 Å². The topological polar surface area (TPSA) is 96.0 Å². The van der Waals surface area contributed by atoms with E-state index in [4.69, 9.17) is 39.5 Å². The lowest BCUT2D eigenvalue weighted by atomic mass is 10.0. The highest BCUT2D eigenvalue weighted by molar-refractivity contribution is 7.92. The summed E-state index contributed by atoms with van der Waals surface area (Å²) in [6.45, 7) is 3.67. The number of halogens is 3. The molecule has 0 aliphatic heterocycles. The van der Waals surface area contributed by atoms with Crippen molar-refractivity contribution in [1.29, 1.82) is 0 Å². The number of rotatable bonds is 13. The quantitative estimate of drug-likeness (QED) is 0.250. The van der Waals surface area contributed by atoms with E-state index in [1.165, 1.54) is 30.2 Å². The molecule has 0 aromatic heterocycles. The summed E-state index contributed by atoms with van der Waals surface area (Å²) >= 11 is 18.9. The maximum absolute atomic E-state index is 14.2. The van der Waals surface area contributed by atoms with E-state index in [9.17, 15) is 18.0 Å². The summed E-state index contributed by atoms with van der Waals surface area (Å²) in [5, 5.41) is 3.83. The van der Waals surface area contributed by atoms with Crippen LogP contribution in [0.25, 0.3) is 0 Å². The average molecular weight is 655 g/mol. The van der Waals surface area contributed by atoms with Gasteiger partial charge in [0.25, 0.3) is 0 Å². The number of hydrogen-bond acceptors (Lipinski definition) is 5. The third-order valence-electron chi connectivity index (χ3n) is 6.41. The molecule has 0 radical (unpaired) electrons. The Balaban J connectivity index is 2.09. The molecule has 1 N–H and O–H groups in total. The van der Waals surface area contributed by atoms with Gasteiger partial charge in [-0.2, -0.15) is 0 Å². The molecule has 1 atom stereocenters. The summed E-state index contributed by atoms with van der Waals surface area (Å²) in [6.07, 6.45) is 1.19. The Morgan fingerprint density at radius 2 is 1.64 bits per heavy atom. The molecule has 42 heavy (non-hydrogen) atoms. The van der Waals surface area contributed by atoms with Gasteiger partial charge < -0.3 is 15.0 Å². The van der Waals surface area contributed by atoms with Crippen molar-refractivity contribution >= 4 is 62.3 Å². The van der Waals surface area contributed by atoms with Crippen molar-refractivity contribution < 1.29 is 22.7 Å². The lowest BCUT2D eigenvalue weighted by Gasteiger charge is -2.34. The molecule has 3 aromatic carbocycles. The second-order valence-corrected chi connectivity index (χ2v) is 13.3. The fourth-order valence-corrected chi connectivity index (χ4v) is 5.80. The van der Waals surface area contributed by atoms with Gasteiger partial charge in [-0.25, -0.2) is 8.42 Å². The maximum Gasteiger partial charge on any atom is 0.244 e. The first-order valence-electron chi connectivity index (χ1n) is 13.2. The highest BCUT2D eigenvalue weighted by Gasteiger charge is 2.33. The monoisotopic (exact) mass is 653 g/mol. The minimum absolute atomic E-state index is 0.0671. The molecule has 3 rings (SSSR count). The lowest BCUT2D eigenvalue weighted by Crippen LogP contribution is -2.53. The summed E-state index contributed by atoms with van der Waals surface area (Å²) in [6, 6.07) is 17.6. The van der Waals surface area contributed by atoms with Crippen LogP contribution in [0.4, 0.5) is 5.69 Å². The zero-order valence-electron chi connectivity index (χ0n) is 23.8. The minimum Gasteiger partial charge on any atom is -0.495 e. The van der Waals surface area contributed by atoms with Crippen LogP contribution in [0.3, 0.4) is 0 Å². The van der Waals surface area contributed by atoms with Crippen LogP contribution in [-0.2, 0) is 32.6 Å². The molecule has 0 unspecified atom stereocenters. The minimum atomic E-state index is -3.95. The smallest absolute Gasteiger partial charge is 0.244 e. The molecule has 0 spiro atoms. The van der Waals surface area contributed by atoms with Crippen molar-refractivity contribution in [3.8, 4) is 5.75 Å². The molecule has 0 aliphatic rings. The third-order valence-corrected chi connectivity index (χ3v) is 8.44. The first kappa shape index (κ1) is 33.5. The van der Waals surface area contributed by atoms with Gasteiger partial charge in [0.2, 0.25) is 21.8 Å². The lowest BCUT2D eigenvalue weighted by molar-refractivity contribution is -0.140. The molecule has 0 aliphatic carbocycles. The summed E-state index contributed by atoms with van der Waals surface area (Å²) in [5.41, 5.74) is 1.54. The third kappa shape index (κ3) is 9.26. The Labute approximate surface area is 262 Å². The SMILES string of the molecule is COc1ccc(N(CC(=O)N(Cc2ccc(Cl)cc2Cl)[C@H](Cc2ccccc2)C(=O)NCC(C)C)S(C)(=O)=O)cc1Cl. The normalized spacial score (nSPS) is 12.1. The molecule has 0 saturated heterocycles. The highest BCUT2D eigenvalue weighted by atomic mass is 35.5. The van der Waals surface area contributed by atoms with Crippen molar-refractivity contribution in [2.75, 3.05) is 30.8 Å². The maximum atomic E-state index is 14.2. The molecule has 0 fully saturated rings. The summed E-state index contributed by atoms with van der Waals surface area (Å²) in [4.78, 5) is 29.2. The van der Waals surface area contributed by atoms with E-state index in [1.807, 2.05) is 44.2 Å². The molecule has 12 heteroatoms. The van der Waals surface area contributed by atoms with Crippen LogP contribution in [0.2, 0.25) is 15.1 Å². The molecular weight excluding hydrogens is 621 g/mol. The van der Waals surface area contributed by atoms with Crippen LogP contribution in [0.15, 0.2) is 66.7 Å². The predicted octanol–water partition coefficient (Wildman–Crippen LogP) is 5.83. The highest BCUT2D eigenvalue weighted by Crippen LogP contribution is 2.31. The number of carbonyl (C=O) groups excluding carboxylic acids is 2. The number of ether oxygens (including phenoxy) is 1. The van der Waals surface area contributed by atoms with Crippen molar-refractivity contribution in [2.45, 2.75) is 32.9 Å². The van der Waals surface area contributed by atoms with E-state index < -0.39 is 28.5 Å². The first-order valence-corrected chi connectivity index (χ1v) is 16.1. The van der Waals surface area contributed by atoms with E-state index >= 15 is 0 Å². The Bertz CT molecular complexity index is 1500. The Morgan fingerprint density at radius 3 is 2.21 bits per heavy atom. The number of benzene rings is 3. The molecule has 226 valence electrons. The van der Waals surface area contributed by atoms with Gasteiger partial charge in [0.05, 0.1) is 24.1 Å². The Hall–Kier alpha value is -2.98. The second-order valence-electron chi connectivity index (χ2n) is 10.2. The van der Waals surface area contributed by atoms with Crippen LogP contribution in [0.1, 0.15) is 25.0 Å². The van der Waals surface area contributed by atoms with Crippen molar-refractivity contribution in [1.82, 2.24) is 10.2 Å². The molecule has 0 bridgehead atoms. The predicted molar refractivity (Wildman–Crippen MR) is 169 cm³/mol. The Kier molecular flexibility index (Phi) is 11.9. The molecule has 3 aromatic rings. The zero-order valence-corrected chi connectivity index (χ0v) is 26.9. The number of nitrogens with zero attached hydrogens (tertiary/aromatic N) is 2. The number of nitrogens with one attached hydrogen (secondary N) is 1. The van der Waals surface area contributed by atoms with Crippen LogP contribution in [0.5, 0.6) is 5.75 Å². The standard InChI is InChI=1S/C30H34Cl3N3O5S/c1-20(2)17-34-30(38)27(14-21-8-6-5-7-9-21)35(18-22-10-11-23(31)15-25(22)32)29(37)19-36(42(4,39)40)24-12-13-28(41-3)26(33)16-24/h5-13,15-16,20,27H,14,17-19H2,1-4H3,(H,34,38)/t27-/m1/s1. The number of anilines is 1. The second kappa shape index (κ2) is 15.0. The molecular formula is C30H34Cl3N3O5S. The summed E-state index contributed by atoms with van der Waals surface area (Å²) in [7, 11) is -2.51. The van der Waals surface area contributed by atoms with E-state index in [-0.39, 0.29) is 35.5 Å². The van der Waals surface area contributed by atoms with Gasteiger partial charge in [0, 0.05) is 29.6 Å². The van der Waals surface area contributed by atoms with Crippen molar-refractivity contribution in [3.05, 3.63) is 92.9 Å². The largest absolute Gasteiger partial charge is 0.495 e. The van der Waals surface area contributed by atoms with Gasteiger partial charge in [0.15, 0.2) is 0 Å². The molecule has 8 nitrogen and oxygen atoms in total. The van der Waals surface area contributed by atoms with Crippen molar-refractivity contribution in [2.24, 2.45) is 5.92 Å². The fraction of sp³-hybridized carbons (Fsp3) is 0.333. The van der Waals surface area contributed by atoms with E-state index in [2.05, 4.69) is 5.32 Å². The van der Waals surface area contributed by atoms with Crippen molar-refractivity contribution in [3.63, 3.8) is 0 Å². The summed E-state index contributed by atoms with van der Waals surface area (Å²) < 4.78 is 32.0. The van der Waals surface area contributed by atoms with E-state index in [0.29, 0.717) is 27.9 Å². The summed E-state index contributed by atoms with van der Waals surface area (Å²) in [5.74, 6) is -0.464.